The van der Waals surface area contributed by atoms with Crippen LogP contribution in [0.4, 0.5) is 5.69 Å². The second-order valence-electron chi connectivity index (χ2n) is 7.29. The number of hydrogen-bond acceptors (Lipinski definition) is 5. The number of anilines is 1. The van der Waals surface area contributed by atoms with Crippen molar-refractivity contribution in [2.45, 2.75) is 44.7 Å². The first-order valence-electron chi connectivity index (χ1n) is 9.96. The second-order valence-corrected chi connectivity index (χ2v) is 8.71. The van der Waals surface area contributed by atoms with Gasteiger partial charge >= 0.3 is 0 Å². The number of aryl methyl sites for hydroxylation is 1. The van der Waals surface area contributed by atoms with Crippen molar-refractivity contribution in [2.75, 3.05) is 5.32 Å². The lowest BCUT2D eigenvalue weighted by Crippen LogP contribution is -2.25. The van der Waals surface area contributed by atoms with Crippen LogP contribution in [0.1, 0.15) is 52.8 Å². The average Bonchev–Trinajstić information content (AvgIpc) is 3.30. The van der Waals surface area contributed by atoms with E-state index in [1.54, 1.807) is 35.6 Å². The smallest absolute Gasteiger partial charge is 0.251 e. The number of nitrogens with zero attached hydrogens (tertiary/aromatic N) is 2. The number of thiophene rings is 1. The summed E-state index contributed by atoms with van der Waals surface area (Å²) in [4.78, 5) is 26.1. The summed E-state index contributed by atoms with van der Waals surface area (Å²) >= 11 is 6.97. The fraction of sp³-hybridized carbons (Fsp3) is 0.333. The number of carbonyl (C=O) groups is 2. The van der Waals surface area contributed by atoms with E-state index >= 15 is 0 Å². The predicted molar refractivity (Wildman–Crippen MR) is 119 cm³/mol. The SMILES string of the molecule is O=C(CCCc1cccs1)Nc1cccc(C(=O)NCc2n[nH]c(=S)n2C2CC2)c1. The summed E-state index contributed by atoms with van der Waals surface area (Å²) in [5.74, 6) is 0.454. The maximum atomic E-state index is 12.6. The highest BCUT2D eigenvalue weighted by molar-refractivity contribution is 7.71. The van der Waals surface area contributed by atoms with E-state index in [2.05, 4.69) is 26.9 Å². The van der Waals surface area contributed by atoms with Crippen LogP contribution in [0, 0.1) is 4.77 Å². The molecule has 1 aliphatic carbocycles. The molecule has 30 heavy (non-hydrogen) atoms. The number of nitrogens with one attached hydrogen (secondary N) is 3. The predicted octanol–water partition coefficient (Wildman–Crippen LogP) is 4.23. The van der Waals surface area contributed by atoms with Gasteiger partial charge < -0.3 is 10.6 Å². The molecule has 1 saturated carbocycles. The largest absolute Gasteiger partial charge is 0.345 e. The van der Waals surface area contributed by atoms with Crippen molar-refractivity contribution in [3.8, 4) is 0 Å². The van der Waals surface area contributed by atoms with Crippen LogP contribution in [0.15, 0.2) is 41.8 Å². The monoisotopic (exact) mass is 441 g/mol. The Kier molecular flexibility index (Phi) is 6.39. The third-order valence-electron chi connectivity index (χ3n) is 4.91. The van der Waals surface area contributed by atoms with Gasteiger partial charge in [0, 0.05) is 28.6 Å². The Bertz CT molecular complexity index is 1080. The summed E-state index contributed by atoms with van der Waals surface area (Å²) in [6, 6.07) is 11.4. The van der Waals surface area contributed by atoms with Gasteiger partial charge in [-0.05, 0) is 67.5 Å². The first-order valence-corrected chi connectivity index (χ1v) is 11.3. The molecular formula is C21H23N5O2S2. The zero-order valence-corrected chi connectivity index (χ0v) is 18.0. The van der Waals surface area contributed by atoms with Crippen LogP contribution in [0.5, 0.6) is 0 Å². The number of H-pyrrole nitrogens is 1. The van der Waals surface area contributed by atoms with Gasteiger partial charge in [-0.2, -0.15) is 5.10 Å². The molecule has 0 radical (unpaired) electrons. The van der Waals surface area contributed by atoms with E-state index < -0.39 is 0 Å². The van der Waals surface area contributed by atoms with E-state index in [4.69, 9.17) is 12.2 Å². The quantitative estimate of drug-likeness (QED) is 0.433. The minimum absolute atomic E-state index is 0.0518. The average molecular weight is 442 g/mol. The molecule has 0 spiro atoms. The zero-order chi connectivity index (χ0) is 20.9. The first-order chi connectivity index (χ1) is 14.6. The van der Waals surface area contributed by atoms with Crippen LogP contribution in [0.25, 0.3) is 0 Å². The number of aromatic nitrogens is 3. The summed E-state index contributed by atoms with van der Waals surface area (Å²) < 4.78 is 2.56. The van der Waals surface area contributed by atoms with Gasteiger partial charge in [-0.25, -0.2) is 0 Å². The third kappa shape index (κ3) is 5.22. The molecule has 3 aromatic rings. The van der Waals surface area contributed by atoms with Crippen molar-refractivity contribution in [3.63, 3.8) is 0 Å². The minimum atomic E-state index is -0.222. The van der Waals surface area contributed by atoms with Crippen LogP contribution in [-0.4, -0.2) is 26.6 Å². The standard InChI is InChI=1S/C21H23N5O2S2/c27-19(8-2-6-17-7-3-11-30-17)23-15-5-1-4-14(12-15)20(28)22-13-18-24-25-21(29)26(18)16-9-10-16/h1,3-5,7,11-12,16H,2,6,8-10,13H2,(H,22,28)(H,23,27)(H,25,29). The van der Waals surface area contributed by atoms with Gasteiger partial charge in [-0.15, -0.1) is 11.3 Å². The second kappa shape index (κ2) is 9.36. The maximum absolute atomic E-state index is 12.6. The topological polar surface area (TPSA) is 91.8 Å². The molecule has 0 bridgehead atoms. The molecule has 2 aromatic heterocycles. The molecule has 0 atom stereocenters. The Balaban J connectivity index is 1.29. The van der Waals surface area contributed by atoms with Gasteiger partial charge in [0.15, 0.2) is 10.6 Å². The zero-order valence-electron chi connectivity index (χ0n) is 16.4. The van der Waals surface area contributed by atoms with Crippen molar-refractivity contribution >= 4 is 41.1 Å². The number of benzene rings is 1. The summed E-state index contributed by atoms with van der Waals surface area (Å²) in [6.45, 7) is 0.293. The molecule has 1 aliphatic rings. The Morgan fingerprint density at radius 1 is 1.27 bits per heavy atom. The maximum Gasteiger partial charge on any atom is 0.251 e. The fourth-order valence-electron chi connectivity index (χ4n) is 3.27. The third-order valence-corrected chi connectivity index (χ3v) is 6.14. The normalized spacial score (nSPS) is 13.2. The van der Waals surface area contributed by atoms with Gasteiger partial charge in [0.05, 0.1) is 6.54 Å². The molecule has 1 aromatic carbocycles. The molecule has 1 fully saturated rings. The van der Waals surface area contributed by atoms with Gasteiger partial charge in [0.2, 0.25) is 5.91 Å². The lowest BCUT2D eigenvalue weighted by atomic mass is 10.1. The lowest BCUT2D eigenvalue weighted by Gasteiger charge is -2.09. The molecule has 0 saturated heterocycles. The van der Waals surface area contributed by atoms with Crippen LogP contribution < -0.4 is 10.6 Å². The molecule has 2 amide bonds. The molecule has 0 unspecified atom stereocenters. The summed E-state index contributed by atoms with van der Waals surface area (Å²) in [6.07, 6.45) is 4.31. The molecule has 7 nitrogen and oxygen atoms in total. The fourth-order valence-corrected chi connectivity index (χ4v) is 4.32. The molecule has 3 N–H and O–H groups in total. The first kappa shape index (κ1) is 20.5. The van der Waals surface area contributed by atoms with Crippen molar-refractivity contribution in [1.82, 2.24) is 20.1 Å². The highest BCUT2D eigenvalue weighted by Crippen LogP contribution is 2.35. The van der Waals surface area contributed by atoms with E-state index in [1.165, 1.54) is 4.88 Å². The van der Waals surface area contributed by atoms with Crippen LogP contribution in [0.3, 0.4) is 0 Å². The Morgan fingerprint density at radius 2 is 2.13 bits per heavy atom. The van der Waals surface area contributed by atoms with Gasteiger partial charge in [-0.1, -0.05) is 12.1 Å². The summed E-state index contributed by atoms with van der Waals surface area (Å²) in [5, 5.41) is 14.8. The molecule has 4 rings (SSSR count). The Morgan fingerprint density at radius 3 is 2.90 bits per heavy atom. The number of amides is 2. The van der Waals surface area contributed by atoms with E-state index in [0.29, 0.717) is 35.0 Å². The summed E-state index contributed by atoms with van der Waals surface area (Å²) in [5.41, 5.74) is 1.10. The highest BCUT2D eigenvalue weighted by atomic mass is 32.1. The molecular weight excluding hydrogens is 418 g/mol. The Hall–Kier alpha value is -2.78. The van der Waals surface area contributed by atoms with Crippen molar-refractivity contribution in [1.29, 1.82) is 0 Å². The van der Waals surface area contributed by atoms with Crippen molar-refractivity contribution < 1.29 is 9.59 Å². The van der Waals surface area contributed by atoms with Crippen LogP contribution >= 0.6 is 23.6 Å². The number of aromatic amines is 1. The molecule has 0 aliphatic heterocycles. The van der Waals surface area contributed by atoms with Crippen molar-refractivity contribution in [2.24, 2.45) is 0 Å². The Labute approximate surface area is 183 Å². The van der Waals surface area contributed by atoms with E-state index in [-0.39, 0.29) is 11.8 Å². The van der Waals surface area contributed by atoms with Crippen LogP contribution in [-0.2, 0) is 17.8 Å². The minimum Gasteiger partial charge on any atom is -0.345 e. The number of carbonyl (C=O) groups excluding carboxylic acids is 2. The van der Waals surface area contributed by atoms with E-state index in [9.17, 15) is 9.59 Å². The molecule has 9 heteroatoms. The lowest BCUT2D eigenvalue weighted by molar-refractivity contribution is -0.116. The molecule has 2 heterocycles. The van der Waals surface area contributed by atoms with Gasteiger partial charge in [-0.3, -0.25) is 19.3 Å². The van der Waals surface area contributed by atoms with Gasteiger partial charge in [0.1, 0.15) is 0 Å². The number of rotatable bonds is 9. The van der Waals surface area contributed by atoms with E-state index in [0.717, 1.165) is 31.5 Å². The number of hydrogen-bond donors (Lipinski definition) is 3. The van der Waals surface area contributed by atoms with E-state index in [1.807, 2.05) is 16.0 Å². The molecule has 156 valence electrons. The summed E-state index contributed by atoms with van der Waals surface area (Å²) in [7, 11) is 0. The van der Waals surface area contributed by atoms with Crippen molar-refractivity contribution in [3.05, 3.63) is 62.8 Å². The highest BCUT2D eigenvalue weighted by Gasteiger charge is 2.27. The van der Waals surface area contributed by atoms with Crippen LogP contribution in [0.2, 0.25) is 0 Å². The van der Waals surface area contributed by atoms with Gasteiger partial charge in [0.25, 0.3) is 5.91 Å².